The van der Waals surface area contributed by atoms with E-state index in [2.05, 4.69) is 5.10 Å². The molecule has 0 amide bonds. The van der Waals surface area contributed by atoms with Crippen molar-refractivity contribution < 1.29 is 5.11 Å². The van der Waals surface area contributed by atoms with Crippen LogP contribution in [-0.4, -0.2) is 21.5 Å². The zero-order valence-electron chi connectivity index (χ0n) is 8.70. The van der Waals surface area contributed by atoms with Crippen molar-refractivity contribution >= 4 is 5.69 Å². The van der Waals surface area contributed by atoms with E-state index in [4.69, 9.17) is 10.8 Å². The van der Waals surface area contributed by atoms with Gasteiger partial charge in [0, 0.05) is 5.92 Å². The zero-order chi connectivity index (χ0) is 10.8. The molecule has 5 nitrogen and oxygen atoms in total. The molecule has 0 radical (unpaired) electrons. The smallest absolute Gasteiger partial charge is 0.290 e. The summed E-state index contributed by atoms with van der Waals surface area (Å²) in [5.74, 6) is 0.401. The Morgan fingerprint density at radius 2 is 2.13 bits per heavy atom. The van der Waals surface area contributed by atoms with Crippen LogP contribution in [-0.2, 0) is 6.54 Å². The van der Waals surface area contributed by atoms with E-state index in [1.807, 2.05) is 0 Å². The van der Waals surface area contributed by atoms with Crippen molar-refractivity contribution in [3.05, 3.63) is 16.0 Å². The molecule has 1 aromatic heterocycles. The number of aromatic amines is 1. The predicted molar refractivity (Wildman–Crippen MR) is 57.8 cm³/mol. The Morgan fingerprint density at radius 3 is 2.73 bits per heavy atom. The van der Waals surface area contributed by atoms with Gasteiger partial charge in [-0.25, -0.2) is 4.68 Å². The van der Waals surface area contributed by atoms with Gasteiger partial charge in [-0.15, -0.1) is 0 Å². The summed E-state index contributed by atoms with van der Waals surface area (Å²) in [4.78, 5) is 11.6. The van der Waals surface area contributed by atoms with E-state index >= 15 is 0 Å². The Morgan fingerprint density at radius 1 is 1.47 bits per heavy atom. The number of hydrogen-bond acceptors (Lipinski definition) is 3. The number of hydrogen-bond donors (Lipinski definition) is 3. The SMILES string of the molecule is Nc1c(C2CCCC2)[nH]n(CCO)c1=O. The van der Waals surface area contributed by atoms with Gasteiger partial charge in [0.15, 0.2) is 0 Å². The molecule has 1 aliphatic rings. The quantitative estimate of drug-likeness (QED) is 0.677. The number of aromatic nitrogens is 2. The highest BCUT2D eigenvalue weighted by Crippen LogP contribution is 2.34. The summed E-state index contributed by atoms with van der Waals surface area (Å²) in [6.07, 6.45) is 4.61. The third-order valence-electron chi connectivity index (χ3n) is 3.11. The van der Waals surface area contributed by atoms with E-state index < -0.39 is 0 Å². The van der Waals surface area contributed by atoms with Gasteiger partial charge < -0.3 is 10.8 Å². The van der Waals surface area contributed by atoms with Gasteiger partial charge in [0.1, 0.15) is 5.69 Å². The van der Waals surface area contributed by atoms with Crippen molar-refractivity contribution in [2.24, 2.45) is 0 Å². The number of nitrogens with zero attached hydrogens (tertiary/aromatic N) is 1. The minimum atomic E-state index is -0.203. The van der Waals surface area contributed by atoms with Crippen molar-refractivity contribution in [2.45, 2.75) is 38.1 Å². The van der Waals surface area contributed by atoms with Crippen LogP contribution >= 0.6 is 0 Å². The summed E-state index contributed by atoms with van der Waals surface area (Å²) in [6.45, 7) is 0.236. The largest absolute Gasteiger partial charge is 0.394 e. The van der Waals surface area contributed by atoms with Crippen LogP contribution in [0.2, 0.25) is 0 Å². The Balaban J connectivity index is 2.31. The number of rotatable bonds is 3. The third-order valence-corrected chi connectivity index (χ3v) is 3.11. The molecule has 0 aliphatic heterocycles. The number of anilines is 1. The summed E-state index contributed by atoms with van der Waals surface area (Å²) < 4.78 is 1.39. The molecule has 1 fully saturated rings. The van der Waals surface area contributed by atoms with Crippen LogP contribution in [0.4, 0.5) is 5.69 Å². The Kier molecular flexibility index (Phi) is 2.81. The summed E-state index contributed by atoms with van der Waals surface area (Å²) in [5, 5.41) is 11.8. The topological polar surface area (TPSA) is 84.0 Å². The maximum absolute atomic E-state index is 11.6. The lowest BCUT2D eigenvalue weighted by atomic mass is 10.0. The van der Waals surface area contributed by atoms with E-state index in [0.717, 1.165) is 18.5 Å². The van der Waals surface area contributed by atoms with Gasteiger partial charge in [0.05, 0.1) is 18.8 Å². The van der Waals surface area contributed by atoms with E-state index in [1.54, 1.807) is 0 Å². The Labute approximate surface area is 87.9 Å². The lowest BCUT2D eigenvalue weighted by Gasteiger charge is -2.06. The Hall–Kier alpha value is -1.23. The van der Waals surface area contributed by atoms with Gasteiger partial charge in [-0.05, 0) is 12.8 Å². The lowest BCUT2D eigenvalue weighted by Crippen LogP contribution is -2.20. The highest BCUT2D eigenvalue weighted by molar-refractivity contribution is 5.43. The Bertz CT molecular complexity index is 388. The van der Waals surface area contributed by atoms with Crippen LogP contribution in [0.25, 0.3) is 0 Å². The van der Waals surface area contributed by atoms with Gasteiger partial charge in [-0.3, -0.25) is 9.89 Å². The average Bonchev–Trinajstić information content (AvgIpc) is 2.82. The number of nitrogens with one attached hydrogen (secondary N) is 1. The zero-order valence-corrected chi connectivity index (χ0v) is 8.70. The average molecular weight is 211 g/mol. The van der Waals surface area contributed by atoms with Gasteiger partial charge in [-0.1, -0.05) is 12.8 Å². The molecule has 2 rings (SSSR count). The minimum Gasteiger partial charge on any atom is -0.394 e. The van der Waals surface area contributed by atoms with E-state index in [-0.39, 0.29) is 18.7 Å². The molecule has 0 saturated heterocycles. The molecular formula is C10H17N3O2. The molecule has 84 valence electrons. The normalized spacial score (nSPS) is 17.4. The molecule has 4 N–H and O–H groups in total. The standard InChI is InChI=1S/C10H17N3O2/c11-8-9(7-3-1-2-4-7)12-13(5-6-14)10(8)15/h7,12,14H,1-6,11H2. The second-order valence-electron chi connectivity index (χ2n) is 4.10. The molecule has 5 heteroatoms. The molecule has 0 spiro atoms. The maximum atomic E-state index is 11.6. The highest BCUT2D eigenvalue weighted by atomic mass is 16.3. The predicted octanol–water partition coefficient (Wildman–Crippen LogP) is 0.409. The van der Waals surface area contributed by atoms with Crippen LogP contribution < -0.4 is 11.3 Å². The molecular weight excluding hydrogens is 194 g/mol. The van der Waals surface area contributed by atoms with Gasteiger partial charge in [0.2, 0.25) is 0 Å². The van der Waals surface area contributed by atoms with Gasteiger partial charge >= 0.3 is 0 Å². The molecule has 1 heterocycles. The van der Waals surface area contributed by atoms with Crippen LogP contribution in [0.1, 0.15) is 37.3 Å². The molecule has 0 bridgehead atoms. The molecule has 1 aromatic rings. The fraction of sp³-hybridized carbons (Fsp3) is 0.700. The van der Waals surface area contributed by atoms with E-state index in [1.165, 1.54) is 17.5 Å². The first kappa shape index (κ1) is 10.3. The summed E-state index contributed by atoms with van der Waals surface area (Å²) in [7, 11) is 0. The molecule has 1 saturated carbocycles. The summed E-state index contributed by atoms with van der Waals surface area (Å²) >= 11 is 0. The first-order valence-corrected chi connectivity index (χ1v) is 5.43. The number of aliphatic hydroxyl groups is 1. The first-order chi connectivity index (χ1) is 7.24. The minimum absolute atomic E-state index is 0.0516. The van der Waals surface area contributed by atoms with Crippen LogP contribution in [0, 0.1) is 0 Å². The molecule has 0 unspecified atom stereocenters. The number of nitrogen functional groups attached to an aromatic ring is 1. The fourth-order valence-electron chi connectivity index (χ4n) is 2.30. The van der Waals surface area contributed by atoms with Crippen LogP contribution in [0.15, 0.2) is 4.79 Å². The summed E-state index contributed by atoms with van der Waals surface area (Å²) in [5.41, 5.74) is 6.76. The number of aliphatic hydroxyl groups excluding tert-OH is 1. The fourth-order valence-corrected chi connectivity index (χ4v) is 2.30. The lowest BCUT2D eigenvalue weighted by molar-refractivity contribution is 0.267. The van der Waals surface area contributed by atoms with Crippen molar-refractivity contribution in [3.63, 3.8) is 0 Å². The van der Waals surface area contributed by atoms with Crippen LogP contribution in [0.3, 0.4) is 0 Å². The van der Waals surface area contributed by atoms with Crippen molar-refractivity contribution in [2.75, 3.05) is 12.3 Å². The first-order valence-electron chi connectivity index (χ1n) is 5.43. The number of H-pyrrole nitrogens is 1. The van der Waals surface area contributed by atoms with E-state index in [9.17, 15) is 4.79 Å². The van der Waals surface area contributed by atoms with Crippen molar-refractivity contribution in [3.8, 4) is 0 Å². The van der Waals surface area contributed by atoms with Crippen molar-refractivity contribution in [1.82, 2.24) is 9.78 Å². The monoisotopic (exact) mass is 211 g/mol. The highest BCUT2D eigenvalue weighted by Gasteiger charge is 2.23. The number of nitrogens with two attached hydrogens (primary N) is 1. The van der Waals surface area contributed by atoms with Crippen molar-refractivity contribution in [1.29, 1.82) is 0 Å². The third kappa shape index (κ3) is 1.79. The maximum Gasteiger partial charge on any atom is 0.290 e. The molecule has 15 heavy (non-hydrogen) atoms. The second-order valence-corrected chi connectivity index (χ2v) is 4.10. The van der Waals surface area contributed by atoms with E-state index in [0.29, 0.717) is 11.6 Å². The van der Waals surface area contributed by atoms with Gasteiger partial charge in [0.25, 0.3) is 5.56 Å². The second kappa shape index (κ2) is 4.10. The molecule has 0 aromatic carbocycles. The molecule has 0 atom stereocenters. The molecule has 1 aliphatic carbocycles. The summed E-state index contributed by atoms with van der Waals surface area (Å²) in [6, 6.07) is 0. The van der Waals surface area contributed by atoms with Gasteiger partial charge in [-0.2, -0.15) is 0 Å². The van der Waals surface area contributed by atoms with Crippen LogP contribution in [0.5, 0.6) is 0 Å².